The van der Waals surface area contributed by atoms with Crippen LogP contribution in [-0.4, -0.2) is 40.3 Å². The van der Waals surface area contributed by atoms with Crippen LogP contribution in [0.2, 0.25) is 0 Å². The van der Waals surface area contributed by atoms with Crippen molar-refractivity contribution in [3.8, 4) is 0 Å². The first-order valence-corrected chi connectivity index (χ1v) is 12.2. The van der Waals surface area contributed by atoms with E-state index in [1.165, 1.54) is 24.9 Å². The van der Waals surface area contributed by atoms with E-state index >= 15 is 0 Å². The lowest BCUT2D eigenvalue weighted by molar-refractivity contribution is -0.116. The van der Waals surface area contributed by atoms with Crippen molar-refractivity contribution in [1.29, 1.82) is 0 Å². The predicted octanol–water partition coefficient (Wildman–Crippen LogP) is 4.58. The molecule has 1 aromatic heterocycles. The minimum absolute atomic E-state index is 0.143. The van der Waals surface area contributed by atoms with Crippen LogP contribution in [0, 0.1) is 5.82 Å². The van der Waals surface area contributed by atoms with Gasteiger partial charge in [0.25, 0.3) is 5.91 Å². The quantitative estimate of drug-likeness (QED) is 0.596. The van der Waals surface area contributed by atoms with Crippen molar-refractivity contribution in [3.05, 3.63) is 82.3 Å². The third-order valence-electron chi connectivity index (χ3n) is 5.86. The predicted molar refractivity (Wildman–Crippen MR) is 138 cm³/mol. The molecular weight excluding hydrogens is 449 g/mol. The third kappa shape index (κ3) is 6.33. The number of nitrogens with zero attached hydrogens (tertiary/aromatic N) is 2. The van der Waals surface area contributed by atoms with E-state index in [4.69, 9.17) is 0 Å². The Labute approximate surface area is 204 Å². The van der Waals surface area contributed by atoms with Crippen LogP contribution in [-0.2, 0) is 17.6 Å². The monoisotopic (exact) mass is 481 g/mol. The molecule has 2 aliphatic rings. The van der Waals surface area contributed by atoms with Gasteiger partial charge in [0.05, 0.1) is 12.7 Å². The van der Waals surface area contributed by atoms with Gasteiger partial charge in [0.2, 0.25) is 0 Å². The number of thioether (sulfide) groups is 1. The fourth-order valence-electron chi connectivity index (χ4n) is 4.15. The number of nitrogens with one attached hydrogen (secondary N) is 2. The number of amides is 1. The molecule has 1 aromatic carbocycles. The van der Waals surface area contributed by atoms with E-state index < -0.39 is 0 Å². The molecule has 4 rings (SSSR count). The summed E-state index contributed by atoms with van der Waals surface area (Å²) in [4.78, 5) is 18.8. The van der Waals surface area contributed by atoms with Crippen LogP contribution in [0.25, 0.3) is 5.57 Å². The number of aromatic amines is 1. The van der Waals surface area contributed by atoms with Crippen molar-refractivity contribution in [3.63, 3.8) is 0 Å². The van der Waals surface area contributed by atoms with E-state index in [0.717, 1.165) is 46.4 Å². The number of allylic oxidation sites excluding steroid dienone is 1. The summed E-state index contributed by atoms with van der Waals surface area (Å²) in [5.41, 5.74) is 8.32. The molecule has 0 fully saturated rings. The van der Waals surface area contributed by atoms with Crippen LogP contribution >= 0.6 is 11.8 Å². The molecule has 1 unspecified atom stereocenters. The minimum atomic E-state index is -0.377. The Morgan fingerprint density at radius 2 is 2.06 bits per heavy atom. The fourth-order valence-corrected chi connectivity index (χ4v) is 5.11. The number of nitrogens with two attached hydrogens (primary N) is 1. The highest BCUT2D eigenvalue weighted by Crippen LogP contribution is 2.35. The van der Waals surface area contributed by atoms with Crippen molar-refractivity contribution < 1.29 is 9.18 Å². The smallest absolute Gasteiger partial charge is 0.276 e. The van der Waals surface area contributed by atoms with Crippen LogP contribution in [0.15, 0.2) is 64.8 Å². The molecule has 1 atom stereocenters. The van der Waals surface area contributed by atoms with Gasteiger partial charge >= 0.3 is 0 Å². The maximum absolute atomic E-state index is 13.5. The third-order valence-corrected chi connectivity index (χ3v) is 7.15. The van der Waals surface area contributed by atoms with Gasteiger partial charge in [0.1, 0.15) is 5.82 Å². The van der Waals surface area contributed by atoms with Crippen molar-refractivity contribution in [2.45, 2.75) is 45.1 Å². The topological polar surface area (TPSA) is 96.2 Å². The SMILES string of the molecule is CCC1=C(c2ccccc[nH]nc2)CN=C(C(=O)NC2(C)CCc3cc(F)ccc3C2)S1.CN. The molecule has 6 nitrogen and oxygen atoms in total. The first kappa shape index (κ1) is 25.6. The number of fused-ring (bicyclic) bond motifs is 1. The van der Waals surface area contributed by atoms with Crippen molar-refractivity contribution in [2.75, 3.05) is 13.6 Å². The second kappa shape index (κ2) is 11.9. The Morgan fingerprint density at radius 1 is 1.24 bits per heavy atom. The molecule has 0 radical (unpaired) electrons. The molecule has 4 N–H and O–H groups in total. The number of benzene rings is 1. The Balaban J connectivity index is 0.00000158. The highest BCUT2D eigenvalue weighted by Gasteiger charge is 2.33. The zero-order valence-corrected chi connectivity index (χ0v) is 20.7. The molecule has 180 valence electrons. The molecule has 0 saturated heterocycles. The molecule has 8 heteroatoms. The number of aliphatic imine (C=N–C) groups is 1. The average Bonchev–Trinajstić information content (AvgIpc) is 2.99. The van der Waals surface area contributed by atoms with E-state index in [1.807, 2.05) is 30.3 Å². The number of carbonyl (C=O) groups excluding carboxylic acids is 1. The molecule has 2 aromatic rings. The highest BCUT2D eigenvalue weighted by atomic mass is 32.2. The standard InChI is InChI=1S/C25H27FN4OS.CH5N/c1-3-22-21(19-7-5-4-6-12-28-29-15-19)16-27-24(32-22)23(31)30-25(2)11-10-17-13-20(26)9-8-18(17)14-25;1-2/h4-9,12-13,15,28H,3,10-11,14,16H2,1-2H3,(H,30,31);2H2,1H3. The summed E-state index contributed by atoms with van der Waals surface area (Å²) in [6, 6.07) is 12.7. The second-order valence-corrected chi connectivity index (χ2v) is 9.42. The van der Waals surface area contributed by atoms with Crippen LogP contribution < -0.4 is 11.1 Å². The zero-order valence-electron chi connectivity index (χ0n) is 19.9. The summed E-state index contributed by atoms with van der Waals surface area (Å²) < 4.78 is 13.5. The summed E-state index contributed by atoms with van der Waals surface area (Å²) in [5.74, 6) is -0.349. The van der Waals surface area contributed by atoms with E-state index in [-0.39, 0.29) is 17.3 Å². The number of halogens is 1. The first-order valence-electron chi connectivity index (χ1n) is 11.4. The molecule has 34 heavy (non-hydrogen) atoms. The number of aromatic nitrogens is 2. The Morgan fingerprint density at radius 3 is 2.85 bits per heavy atom. The number of H-pyrrole nitrogens is 1. The number of rotatable bonds is 4. The minimum Gasteiger partial charge on any atom is -0.345 e. The number of hydrogen-bond acceptors (Lipinski definition) is 5. The summed E-state index contributed by atoms with van der Waals surface area (Å²) >= 11 is 1.44. The maximum atomic E-state index is 13.5. The van der Waals surface area contributed by atoms with Crippen molar-refractivity contribution in [1.82, 2.24) is 15.5 Å². The van der Waals surface area contributed by atoms with Gasteiger partial charge in [-0.05, 0) is 79.5 Å². The molecule has 0 saturated carbocycles. The highest BCUT2D eigenvalue weighted by molar-refractivity contribution is 8.19. The van der Waals surface area contributed by atoms with E-state index in [2.05, 4.69) is 40.1 Å². The van der Waals surface area contributed by atoms with Crippen LogP contribution in [0.4, 0.5) is 4.39 Å². The molecule has 1 aliphatic heterocycles. The maximum Gasteiger partial charge on any atom is 0.276 e. The lowest BCUT2D eigenvalue weighted by Crippen LogP contribution is -2.51. The van der Waals surface area contributed by atoms with Gasteiger partial charge in [-0.25, -0.2) is 4.39 Å². The largest absolute Gasteiger partial charge is 0.345 e. The van der Waals surface area contributed by atoms with Gasteiger partial charge in [-0.1, -0.05) is 43.0 Å². The molecule has 1 aliphatic carbocycles. The summed E-state index contributed by atoms with van der Waals surface area (Å²) in [6.07, 6.45) is 6.56. The van der Waals surface area contributed by atoms with Crippen LogP contribution in [0.5, 0.6) is 0 Å². The van der Waals surface area contributed by atoms with Gasteiger partial charge in [-0.3, -0.25) is 14.9 Å². The van der Waals surface area contributed by atoms with Gasteiger partial charge < -0.3 is 11.1 Å². The van der Waals surface area contributed by atoms with E-state index in [9.17, 15) is 9.18 Å². The number of carbonyl (C=O) groups is 1. The lowest BCUT2D eigenvalue weighted by atomic mass is 9.79. The summed E-state index contributed by atoms with van der Waals surface area (Å²) in [7, 11) is 1.50. The van der Waals surface area contributed by atoms with Gasteiger partial charge in [0.15, 0.2) is 5.04 Å². The lowest BCUT2D eigenvalue weighted by Gasteiger charge is -2.36. The average molecular weight is 482 g/mol. The molecule has 0 bridgehead atoms. The van der Waals surface area contributed by atoms with Gasteiger partial charge in [0, 0.05) is 17.3 Å². The van der Waals surface area contributed by atoms with Gasteiger partial charge in [-0.15, -0.1) is 0 Å². The second-order valence-electron chi connectivity index (χ2n) is 8.34. The van der Waals surface area contributed by atoms with Crippen molar-refractivity contribution >= 4 is 28.3 Å². The first-order chi connectivity index (χ1) is 16.5. The van der Waals surface area contributed by atoms with E-state index in [1.54, 1.807) is 18.5 Å². The Bertz CT molecular complexity index is 1120. The number of aryl methyl sites for hydroxylation is 1. The molecule has 1 amide bonds. The summed E-state index contributed by atoms with van der Waals surface area (Å²) in [6.45, 7) is 4.58. The molecule has 0 spiro atoms. The Hall–Kier alpha value is -2.97. The molecule has 2 heterocycles. The van der Waals surface area contributed by atoms with Crippen LogP contribution in [0.3, 0.4) is 0 Å². The fraction of sp³-hybridized carbons (Fsp3) is 0.346. The summed E-state index contributed by atoms with van der Waals surface area (Å²) in [5, 5.41) is 10.8. The normalized spacial score (nSPS) is 19.1. The molecular formula is C26H32FN5OS. The van der Waals surface area contributed by atoms with Crippen molar-refractivity contribution in [2.24, 2.45) is 10.7 Å². The Kier molecular flexibility index (Phi) is 9.01. The van der Waals surface area contributed by atoms with Gasteiger partial charge in [-0.2, -0.15) is 5.10 Å². The van der Waals surface area contributed by atoms with Crippen LogP contribution in [0.1, 0.15) is 43.4 Å². The number of hydrogen-bond donors (Lipinski definition) is 3. The van der Waals surface area contributed by atoms with E-state index in [0.29, 0.717) is 18.0 Å². The zero-order chi connectivity index (χ0) is 24.6.